The van der Waals surface area contributed by atoms with Crippen molar-refractivity contribution in [3.05, 3.63) is 18.1 Å². The lowest BCUT2D eigenvalue weighted by Crippen LogP contribution is -2.44. The Hall–Kier alpha value is -1.78. The minimum Gasteiger partial charge on any atom is -0.394 e. The second kappa shape index (κ2) is 5.89. The van der Waals surface area contributed by atoms with Gasteiger partial charge in [-0.3, -0.25) is 0 Å². The van der Waals surface area contributed by atoms with Gasteiger partial charge < -0.3 is 34.7 Å². The van der Waals surface area contributed by atoms with Crippen molar-refractivity contribution in [2.45, 2.75) is 43.5 Å². The number of aliphatic hydroxyl groups excluding tert-OH is 2. The first-order chi connectivity index (χ1) is 12.0. The van der Waals surface area contributed by atoms with Gasteiger partial charge in [-0.15, -0.1) is 0 Å². The van der Waals surface area contributed by atoms with Gasteiger partial charge in [0.05, 0.1) is 18.1 Å². The molecule has 4 rings (SSSR count). The predicted octanol–water partition coefficient (Wildman–Crippen LogP) is -0.0640. The number of aromatic nitrogens is 3. The zero-order valence-corrected chi connectivity index (χ0v) is 14.1. The Morgan fingerprint density at radius 2 is 2.28 bits per heavy atom. The Bertz CT molecular complexity index is 792. The second-order valence-corrected chi connectivity index (χ2v) is 6.73. The number of hydrogen-bond donors (Lipinski definition) is 4. The molecule has 2 aliphatic heterocycles. The summed E-state index contributed by atoms with van der Waals surface area (Å²) in [7, 11) is 1.65. The summed E-state index contributed by atoms with van der Waals surface area (Å²) in [5.41, 5.74) is -0.103. The van der Waals surface area contributed by atoms with Crippen LogP contribution < -0.4 is 5.32 Å². The summed E-state index contributed by atoms with van der Waals surface area (Å²) in [5.74, 6) is 0.704. The number of hydrogen-bond acceptors (Lipinski definition) is 8. The fraction of sp³-hybridized carbons (Fsp3) is 0.625. The molecule has 9 nitrogen and oxygen atoms in total. The summed E-state index contributed by atoms with van der Waals surface area (Å²) in [6, 6.07) is 0. The highest BCUT2D eigenvalue weighted by atomic mass is 16.6. The van der Waals surface area contributed by atoms with Gasteiger partial charge in [-0.25, -0.2) is 9.97 Å². The van der Waals surface area contributed by atoms with Gasteiger partial charge in [-0.1, -0.05) is 0 Å². The van der Waals surface area contributed by atoms with E-state index >= 15 is 0 Å². The van der Waals surface area contributed by atoms with Crippen molar-refractivity contribution in [1.29, 1.82) is 0 Å². The van der Waals surface area contributed by atoms with Crippen molar-refractivity contribution in [2.75, 3.05) is 25.6 Å². The molecule has 2 aliphatic rings. The maximum atomic E-state index is 10.8. The summed E-state index contributed by atoms with van der Waals surface area (Å²) >= 11 is 0. The van der Waals surface area contributed by atoms with Crippen LogP contribution in [0.2, 0.25) is 0 Å². The van der Waals surface area contributed by atoms with E-state index < -0.39 is 24.0 Å². The monoisotopic (exact) mass is 350 g/mol. The first-order valence-electron chi connectivity index (χ1n) is 8.28. The van der Waals surface area contributed by atoms with E-state index in [9.17, 15) is 15.3 Å². The van der Waals surface area contributed by atoms with Gasteiger partial charge in [0.25, 0.3) is 0 Å². The van der Waals surface area contributed by atoms with Gasteiger partial charge >= 0.3 is 0 Å². The van der Waals surface area contributed by atoms with Crippen LogP contribution >= 0.6 is 0 Å². The van der Waals surface area contributed by atoms with Crippen LogP contribution in [0, 0.1) is 0 Å². The Labute approximate surface area is 144 Å². The number of rotatable bonds is 3. The lowest BCUT2D eigenvalue weighted by atomic mass is 9.96. The molecule has 0 aromatic carbocycles. The van der Waals surface area contributed by atoms with Crippen LogP contribution in [0.3, 0.4) is 0 Å². The molecule has 2 aromatic rings. The summed E-state index contributed by atoms with van der Waals surface area (Å²) in [6.45, 7) is 1.83. The number of ether oxygens (including phenoxy) is 2. The number of nitrogens with zero attached hydrogens (tertiary/aromatic N) is 3. The molecular weight excluding hydrogens is 328 g/mol. The standard InChI is InChI=1S/C16H22N4O5/c1-16(23)12(22)10(6-21)25-15(16)20-5-8-9(24-2)3-4-17-13-11(8)14(20)19-7-18-13/h5,7,9-10,12,15,21-23H,3-4,6H2,1-2H3,(H,17,18,19)/t9?,10-,12-,15-,16-/m1/s1. The molecule has 9 heteroatoms. The number of methoxy groups -OCH3 is 1. The van der Waals surface area contributed by atoms with E-state index in [2.05, 4.69) is 15.3 Å². The van der Waals surface area contributed by atoms with E-state index in [1.807, 2.05) is 6.20 Å². The van der Waals surface area contributed by atoms with Crippen LogP contribution in [0.1, 0.15) is 31.2 Å². The van der Waals surface area contributed by atoms with Crippen LogP contribution in [0.15, 0.2) is 12.5 Å². The SMILES string of the molecule is COC1CCNc2ncnc3c2c1cn3[C@@H]1O[C@H](CO)[C@@H](O)[C@@]1(C)O. The van der Waals surface area contributed by atoms with Crippen LogP contribution in [-0.2, 0) is 9.47 Å². The highest BCUT2D eigenvalue weighted by molar-refractivity contribution is 5.91. The van der Waals surface area contributed by atoms with E-state index in [4.69, 9.17) is 9.47 Å². The molecule has 4 N–H and O–H groups in total. The molecule has 2 aromatic heterocycles. The number of nitrogens with one attached hydrogen (secondary N) is 1. The third-order valence-electron chi connectivity index (χ3n) is 5.16. The lowest BCUT2D eigenvalue weighted by molar-refractivity contribution is -0.0949. The molecule has 5 atom stereocenters. The van der Waals surface area contributed by atoms with Crippen LogP contribution in [0.4, 0.5) is 5.82 Å². The van der Waals surface area contributed by atoms with Gasteiger partial charge in [-0.05, 0) is 13.3 Å². The molecule has 0 bridgehead atoms. The average molecular weight is 350 g/mol. The quantitative estimate of drug-likeness (QED) is 0.607. The van der Waals surface area contributed by atoms with E-state index in [1.54, 1.807) is 11.7 Å². The maximum Gasteiger partial charge on any atom is 0.167 e. The molecule has 0 saturated carbocycles. The largest absolute Gasteiger partial charge is 0.394 e. The third kappa shape index (κ3) is 2.35. The molecule has 25 heavy (non-hydrogen) atoms. The summed E-state index contributed by atoms with van der Waals surface area (Å²) in [4.78, 5) is 8.67. The Morgan fingerprint density at radius 3 is 2.96 bits per heavy atom. The Morgan fingerprint density at radius 1 is 1.48 bits per heavy atom. The fourth-order valence-corrected chi connectivity index (χ4v) is 3.78. The van der Waals surface area contributed by atoms with Crippen LogP contribution in [0.25, 0.3) is 11.0 Å². The van der Waals surface area contributed by atoms with Crippen LogP contribution in [-0.4, -0.2) is 67.9 Å². The van der Waals surface area contributed by atoms with Crippen molar-refractivity contribution >= 4 is 16.9 Å². The topological polar surface area (TPSA) is 122 Å². The Kier molecular flexibility index (Phi) is 3.93. The normalized spacial score (nSPS) is 34.9. The second-order valence-electron chi connectivity index (χ2n) is 6.73. The lowest BCUT2D eigenvalue weighted by Gasteiger charge is -2.27. The van der Waals surface area contributed by atoms with Crippen LogP contribution in [0.5, 0.6) is 0 Å². The maximum absolute atomic E-state index is 10.8. The van der Waals surface area contributed by atoms with Gasteiger partial charge in [-0.2, -0.15) is 0 Å². The summed E-state index contributed by atoms with van der Waals surface area (Å²) in [5, 5.41) is 34.6. The number of aliphatic hydroxyl groups is 3. The molecule has 1 fully saturated rings. The molecule has 1 unspecified atom stereocenters. The van der Waals surface area contributed by atoms with E-state index in [0.717, 1.165) is 23.9 Å². The van der Waals surface area contributed by atoms with Crippen molar-refractivity contribution < 1.29 is 24.8 Å². The molecular formula is C16H22N4O5. The van der Waals surface area contributed by atoms with Crippen molar-refractivity contribution in [3.8, 4) is 0 Å². The summed E-state index contributed by atoms with van der Waals surface area (Å²) < 4.78 is 13.0. The molecule has 4 heterocycles. The first-order valence-corrected chi connectivity index (χ1v) is 8.28. The van der Waals surface area contributed by atoms with Gasteiger partial charge in [0.2, 0.25) is 0 Å². The van der Waals surface area contributed by atoms with Crippen molar-refractivity contribution in [3.63, 3.8) is 0 Å². The first kappa shape index (κ1) is 16.7. The molecule has 0 spiro atoms. The average Bonchev–Trinajstić information content (AvgIpc) is 3.00. The number of anilines is 1. The van der Waals surface area contributed by atoms with Gasteiger partial charge in [0, 0.05) is 25.4 Å². The highest BCUT2D eigenvalue weighted by Crippen LogP contribution is 2.43. The smallest absolute Gasteiger partial charge is 0.167 e. The van der Waals surface area contributed by atoms with E-state index in [-0.39, 0.29) is 12.7 Å². The fourth-order valence-electron chi connectivity index (χ4n) is 3.78. The van der Waals surface area contributed by atoms with Gasteiger partial charge in [0.15, 0.2) is 6.23 Å². The summed E-state index contributed by atoms with van der Waals surface area (Å²) in [6.07, 6.45) is 0.914. The van der Waals surface area contributed by atoms with E-state index in [1.165, 1.54) is 13.3 Å². The molecule has 0 radical (unpaired) electrons. The zero-order valence-electron chi connectivity index (χ0n) is 14.1. The predicted molar refractivity (Wildman–Crippen MR) is 88.0 cm³/mol. The van der Waals surface area contributed by atoms with Gasteiger partial charge in [0.1, 0.15) is 35.6 Å². The minimum absolute atomic E-state index is 0.145. The third-order valence-corrected chi connectivity index (χ3v) is 5.16. The molecule has 0 amide bonds. The van der Waals surface area contributed by atoms with Crippen molar-refractivity contribution in [1.82, 2.24) is 14.5 Å². The molecule has 1 saturated heterocycles. The zero-order chi connectivity index (χ0) is 17.8. The van der Waals surface area contributed by atoms with Crippen molar-refractivity contribution in [2.24, 2.45) is 0 Å². The Balaban J connectivity index is 1.90. The molecule has 136 valence electrons. The van der Waals surface area contributed by atoms with E-state index in [0.29, 0.717) is 11.5 Å². The molecule has 0 aliphatic carbocycles. The highest BCUT2D eigenvalue weighted by Gasteiger charge is 2.53. The minimum atomic E-state index is -1.58.